The first kappa shape index (κ1) is 17.2. The average molecular weight is 220 g/mol. The third-order valence-electron chi connectivity index (χ3n) is 1.67. The minimum absolute atomic E-state index is 0.194. The van der Waals surface area contributed by atoms with Crippen LogP contribution in [0.15, 0.2) is 0 Å². The molecule has 0 saturated heterocycles. The Hall–Kier alpha value is -0.200. The Bertz CT molecular complexity index is 83.5. The largest absolute Gasteiger partial charge is 0.395 e. The number of aliphatic hydroxyl groups excluding tert-OH is 1. The van der Waals surface area contributed by atoms with Gasteiger partial charge in [0.1, 0.15) is 0 Å². The first-order chi connectivity index (χ1) is 7.33. The van der Waals surface area contributed by atoms with Crippen LogP contribution in [0.5, 0.6) is 0 Å². The van der Waals surface area contributed by atoms with Gasteiger partial charge in [-0.05, 0) is 32.5 Å². The maximum Gasteiger partial charge on any atom is 0.0555 e. The van der Waals surface area contributed by atoms with Crippen molar-refractivity contribution in [1.29, 1.82) is 0 Å². The van der Waals surface area contributed by atoms with Crippen LogP contribution in [0.3, 0.4) is 0 Å². The van der Waals surface area contributed by atoms with Crippen LogP contribution >= 0.6 is 0 Å². The van der Waals surface area contributed by atoms with Gasteiger partial charge in [0.15, 0.2) is 0 Å². The molecule has 0 aliphatic carbocycles. The Morgan fingerprint density at radius 3 is 2.13 bits per heavy atom. The number of nitrogens with one attached hydrogen (secondary N) is 2. The van der Waals surface area contributed by atoms with Gasteiger partial charge in [-0.15, -0.1) is 0 Å². The molecule has 0 rings (SSSR count). The van der Waals surface area contributed by atoms with Crippen LogP contribution in [-0.4, -0.2) is 51.0 Å². The molecule has 0 fully saturated rings. The Kier molecular flexibility index (Phi) is 22.2. The van der Waals surface area contributed by atoms with Crippen LogP contribution in [0.25, 0.3) is 0 Å². The summed E-state index contributed by atoms with van der Waals surface area (Å²) in [6.07, 6.45) is 2.36. The van der Waals surface area contributed by atoms with Crippen molar-refractivity contribution < 1.29 is 5.11 Å². The van der Waals surface area contributed by atoms with Crippen molar-refractivity contribution in [3.8, 4) is 0 Å². The quantitative estimate of drug-likeness (QED) is 0.317. The van der Waals surface area contributed by atoms with E-state index in [1.54, 1.807) is 0 Å². The normalized spacial score (nSPS) is 9.60. The van der Waals surface area contributed by atoms with E-state index in [0.29, 0.717) is 13.1 Å². The summed E-state index contributed by atoms with van der Waals surface area (Å²) in [5, 5.41) is 14.3. The molecule has 0 unspecified atom stereocenters. The topological polar surface area (TPSA) is 96.3 Å². The molecule has 0 atom stereocenters. The van der Waals surface area contributed by atoms with E-state index in [0.717, 1.165) is 32.6 Å². The van der Waals surface area contributed by atoms with Gasteiger partial charge in [0.05, 0.1) is 6.61 Å². The van der Waals surface area contributed by atoms with Crippen LogP contribution in [-0.2, 0) is 0 Å². The van der Waals surface area contributed by atoms with Gasteiger partial charge < -0.3 is 27.2 Å². The molecule has 0 spiro atoms. The molecule has 5 nitrogen and oxygen atoms in total. The standard InChI is InChI=1S/C6H16N2.C4H12N2O/c1-2-8-6-4-3-5-7;5-1-2-6-3-4-7/h8H,2-7H2,1H3;6-7H,1-5H2. The highest BCUT2D eigenvalue weighted by molar-refractivity contribution is 4.44. The molecule has 5 heteroatoms. The third-order valence-corrected chi connectivity index (χ3v) is 1.67. The Labute approximate surface area is 93.6 Å². The maximum absolute atomic E-state index is 8.19. The predicted molar refractivity (Wildman–Crippen MR) is 65.8 cm³/mol. The van der Waals surface area contributed by atoms with E-state index < -0.39 is 0 Å². The Balaban J connectivity index is 0. The van der Waals surface area contributed by atoms with Gasteiger partial charge in [-0.2, -0.15) is 0 Å². The van der Waals surface area contributed by atoms with Gasteiger partial charge in [0.2, 0.25) is 0 Å². The molecule has 0 saturated carbocycles. The Morgan fingerprint density at radius 1 is 0.933 bits per heavy atom. The van der Waals surface area contributed by atoms with E-state index in [1.807, 2.05) is 0 Å². The summed E-state index contributed by atoms with van der Waals surface area (Å²) in [7, 11) is 0. The van der Waals surface area contributed by atoms with Crippen molar-refractivity contribution >= 4 is 0 Å². The number of hydrogen-bond acceptors (Lipinski definition) is 5. The molecule has 15 heavy (non-hydrogen) atoms. The molecule has 0 aromatic heterocycles. The second-order valence-electron chi connectivity index (χ2n) is 3.11. The zero-order valence-corrected chi connectivity index (χ0v) is 9.97. The van der Waals surface area contributed by atoms with E-state index in [1.165, 1.54) is 6.42 Å². The highest BCUT2D eigenvalue weighted by Crippen LogP contribution is 1.80. The highest BCUT2D eigenvalue weighted by atomic mass is 16.3. The Morgan fingerprint density at radius 2 is 1.67 bits per heavy atom. The fourth-order valence-electron chi connectivity index (χ4n) is 0.877. The number of nitrogens with two attached hydrogens (primary N) is 2. The minimum atomic E-state index is 0.194. The molecule has 0 aromatic rings. The van der Waals surface area contributed by atoms with Crippen molar-refractivity contribution in [2.75, 3.05) is 45.9 Å². The summed E-state index contributed by atoms with van der Waals surface area (Å²) in [5.41, 5.74) is 10.4. The summed E-state index contributed by atoms with van der Waals surface area (Å²) in [5.74, 6) is 0. The molecule has 94 valence electrons. The second-order valence-corrected chi connectivity index (χ2v) is 3.11. The van der Waals surface area contributed by atoms with Gasteiger partial charge in [-0.1, -0.05) is 6.92 Å². The van der Waals surface area contributed by atoms with E-state index in [-0.39, 0.29) is 6.61 Å². The van der Waals surface area contributed by atoms with Crippen LogP contribution in [0.4, 0.5) is 0 Å². The van der Waals surface area contributed by atoms with E-state index in [2.05, 4.69) is 17.6 Å². The molecule has 0 bridgehead atoms. The number of hydrogen-bond donors (Lipinski definition) is 5. The number of rotatable bonds is 9. The lowest BCUT2D eigenvalue weighted by Gasteiger charge is -1.97. The predicted octanol–water partition coefficient (Wildman–Crippen LogP) is -1.14. The summed E-state index contributed by atoms with van der Waals surface area (Å²) >= 11 is 0. The molecular weight excluding hydrogens is 192 g/mol. The summed E-state index contributed by atoms with van der Waals surface area (Å²) < 4.78 is 0. The maximum atomic E-state index is 8.19. The molecule has 0 heterocycles. The zero-order chi connectivity index (χ0) is 11.8. The number of aliphatic hydroxyl groups is 1. The van der Waals surface area contributed by atoms with Crippen LogP contribution in [0.1, 0.15) is 19.8 Å². The molecule has 0 aromatic carbocycles. The van der Waals surface area contributed by atoms with Gasteiger partial charge in [0, 0.05) is 19.6 Å². The van der Waals surface area contributed by atoms with Gasteiger partial charge in [-0.3, -0.25) is 0 Å². The SMILES string of the molecule is CCNCCCCN.NCCNCCO. The van der Waals surface area contributed by atoms with Gasteiger partial charge in [-0.25, -0.2) is 0 Å². The van der Waals surface area contributed by atoms with E-state index >= 15 is 0 Å². The fraction of sp³-hybridized carbons (Fsp3) is 1.00. The second kappa shape index (κ2) is 19.4. The minimum Gasteiger partial charge on any atom is -0.395 e. The lowest BCUT2D eigenvalue weighted by molar-refractivity contribution is 0.293. The monoisotopic (exact) mass is 220 g/mol. The van der Waals surface area contributed by atoms with Crippen molar-refractivity contribution in [1.82, 2.24) is 10.6 Å². The van der Waals surface area contributed by atoms with E-state index in [9.17, 15) is 0 Å². The molecular formula is C10H28N4O. The summed E-state index contributed by atoms with van der Waals surface area (Å²) in [6, 6.07) is 0. The molecule has 7 N–H and O–H groups in total. The average Bonchev–Trinajstić information content (AvgIpc) is 2.26. The van der Waals surface area contributed by atoms with Crippen LogP contribution in [0.2, 0.25) is 0 Å². The van der Waals surface area contributed by atoms with Crippen molar-refractivity contribution in [3.63, 3.8) is 0 Å². The zero-order valence-electron chi connectivity index (χ0n) is 9.97. The first-order valence-electron chi connectivity index (χ1n) is 5.75. The lowest BCUT2D eigenvalue weighted by Crippen LogP contribution is -2.24. The van der Waals surface area contributed by atoms with Crippen molar-refractivity contribution in [3.05, 3.63) is 0 Å². The highest BCUT2D eigenvalue weighted by Gasteiger charge is 1.81. The molecule has 0 aliphatic rings. The van der Waals surface area contributed by atoms with Gasteiger partial charge >= 0.3 is 0 Å². The van der Waals surface area contributed by atoms with Crippen LogP contribution in [0, 0.1) is 0 Å². The van der Waals surface area contributed by atoms with Crippen molar-refractivity contribution in [2.45, 2.75) is 19.8 Å². The van der Waals surface area contributed by atoms with Crippen molar-refractivity contribution in [2.24, 2.45) is 11.5 Å². The van der Waals surface area contributed by atoms with Crippen LogP contribution < -0.4 is 22.1 Å². The van der Waals surface area contributed by atoms with E-state index in [4.69, 9.17) is 16.6 Å². The fourth-order valence-corrected chi connectivity index (χ4v) is 0.877. The smallest absolute Gasteiger partial charge is 0.0555 e. The molecule has 0 radical (unpaired) electrons. The lowest BCUT2D eigenvalue weighted by atomic mass is 10.3. The first-order valence-corrected chi connectivity index (χ1v) is 5.75. The molecule has 0 aliphatic heterocycles. The number of unbranched alkanes of at least 4 members (excludes halogenated alkanes) is 1. The summed E-state index contributed by atoms with van der Waals surface area (Å²) in [6.45, 7) is 7.41. The molecule has 0 amide bonds. The summed E-state index contributed by atoms with van der Waals surface area (Å²) in [4.78, 5) is 0. The van der Waals surface area contributed by atoms with Gasteiger partial charge in [0.25, 0.3) is 0 Å². The third kappa shape index (κ3) is 24.8.